The summed E-state index contributed by atoms with van der Waals surface area (Å²) in [6.07, 6.45) is 2.61. The molecular formula is C15H29N3O4. The minimum Gasteiger partial charge on any atom is -0.465 e. The van der Waals surface area contributed by atoms with Crippen molar-refractivity contribution in [3.63, 3.8) is 0 Å². The Bertz CT molecular complexity index is 383. The van der Waals surface area contributed by atoms with E-state index in [0.29, 0.717) is 25.4 Å². The van der Waals surface area contributed by atoms with Crippen molar-refractivity contribution in [1.82, 2.24) is 10.6 Å². The average Bonchev–Trinajstić information content (AvgIpc) is 3.18. The number of nitrogens with one attached hydrogen (secondary N) is 2. The third-order valence-electron chi connectivity index (χ3n) is 4.36. The van der Waals surface area contributed by atoms with Crippen molar-refractivity contribution in [3.05, 3.63) is 0 Å². The molecule has 0 aromatic rings. The van der Waals surface area contributed by atoms with Gasteiger partial charge in [-0.1, -0.05) is 26.7 Å². The predicted octanol–water partition coefficient (Wildman–Crippen LogP) is 2.07. The van der Waals surface area contributed by atoms with Crippen LogP contribution in [-0.2, 0) is 0 Å². The van der Waals surface area contributed by atoms with E-state index in [0.717, 1.165) is 12.8 Å². The third-order valence-corrected chi connectivity index (χ3v) is 4.36. The molecule has 0 spiro atoms. The third kappa shape index (κ3) is 7.49. The highest BCUT2D eigenvalue weighted by Crippen LogP contribution is 2.37. The lowest BCUT2D eigenvalue weighted by molar-refractivity contribution is 0.165. The molecule has 2 atom stereocenters. The first-order valence-corrected chi connectivity index (χ1v) is 7.90. The van der Waals surface area contributed by atoms with Gasteiger partial charge in [0.25, 0.3) is 0 Å². The van der Waals surface area contributed by atoms with Crippen molar-refractivity contribution in [3.8, 4) is 0 Å². The largest absolute Gasteiger partial charge is 0.465 e. The van der Waals surface area contributed by atoms with Crippen LogP contribution in [0.5, 0.6) is 0 Å². The molecule has 0 saturated heterocycles. The van der Waals surface area contributed by atoms with Gasteiger partial charge in [0.05, 0.1) is 0 Å². The second-order valence-corrected chi connectivity index (χ2v) is 7.08. The lowest BCUT2D eigenvalue weighted by Crippen LogP contribution is -2.44. The lowest BCUT2D eigenvalue weighted by atomic mass is 9.76. The maximum Gasteiger partial charge on any atom is 0.404 e. The Morgan fingerprint density at radius 3 is 2.36 bits per heavy atom. The molecule has 1 aliphatic carbocycles. The quantitative estimate of drug-likeness (QED) is 0.422. The number of nitrogens with two attached hydrogens (primary N) is 1. The van der Waals surface area contributed by atoms with Gasteiger partial charge in [-0.2, -0.15) is 0 Å². The van der Waals surface area contributed by atoms with Gasteiger partial charge >= 0.3 is 12.2 Å². The Morgan fingerprint density at radius 1 is 1.27 bits per heavy atom. The van der Waals surface area contributed by atoms with Crippen LogP contribution in [-0.4, -0.2) is 41.5 Å². The van der Waals surface area contributed by atoms with Crippen LogP contribution in [0.2, 0.25) is 0 Å². The lowest BCUT2D eigenvalue weighted by Gasteiger charge is -2.34. The maximum atomic E-state index is 11.0. The number of hydrogen-bond acceptors (Lipinski definition) is 3. The molecule has 1 fully saturated rings. The number of rotatable bonds is 10. The summed E-state index contributed by atoms with van der Waals surface area (Å²) < 4.78 is 0. The molecule has 128 valence electrons. The summed E-state index contributed by atoms with van der Waals surface area (Å²) in [7, 11) is 0. The second kappa shape index (κ2) is 8.22. The molecule has 1 rings (SSSR count). The van der Waals surface area contributed by atoms with E-state index in [4.69, 9.17) is 15.9 Å². The van der Waals surface area contributed by atoms with Gasteiger partial charge < -0.3 is 26.6 Å². The van der Waals surface area contributed by atoms with E-state index in [9.17, 15) is 9.59 Å². The van der Waals surface area contributed by atoms with Gasteiger partial charge in [0, 0.05) is 12.6 Å². The topological polar surface area (TPSA) is 125 Å². The summed E-state index contributed by atoms with van der Waals surface area (Å²) >= 11 is 0. The zero-order valence-electron chi connectivity index (χ0n) is 13.5. The van der Waals surface area contributed by atoms with E-state index in [1.165, 1.54) is 12.8 Å². The molecule has 1 saturated carbocycles. The van der Waals surface area contributed by atoms with E-state index < -0.39 is 12.2 Å². The highest BCUT2D eigenvalue weighted by molar-refractivity contribution is 5.65. The summed E-state index contributed by atoms with van der Waals surface area (Å²) in [5, 5.41) is 22.7. The molecule has 2 amide bonds. The van der Waals surface area contributed by atoms with Crippen LogP contribution in [0.25, 0.3) is 0 Å². The van der Waals surface area contributed by atoms with Gasteiger partial charge in [0.15, 0.2) is 0 Å². The predicted molar refractivity (Wildman–Crippen MR) is 83.9 cm³/mol. The van der Waals surface area contributed by atoms with Gasteiger partial charge in [-0.05, 0) is 43.1 Å². The molecule has 7 nitrogen and oxygen atoms in total. The van der Waals surface area contributed by atoms with Crippen LogP contribution in [0.1, 0.15) is 46.0 Å². The average molecular weight is 315 g/mol. The first-order valence-electron chi connectivity index (χ1n) is 7.90. The Kier molecular flexibility index (Phi) is 6.93. The Balaban J connectivity index is 2.57. The molecule has 0 aliphatic heterocycles. The molecule has 1 aliphatic rings. The summed E-state index contributed by atoms with van der Waals surface area (Å²) in [4.78, 5) is 21.5. The zero-order valence-corrected chi connectivity index (χ0v) is 13.5. The molecule has 2 unspecified atom stereocenters. The Labute approximate surface area is 131 Å². The minimum atomic E-state index is -1.02. The molecular weight excluding hydrogens is 286 g/mol. The van der Waals surface area contributed by atoms with Crippen LogP contribution >= 0.6 is 0 Å². The molecule has 22 heavy (non-hydrogen) atoms. The van der Waals surface area contributed by atoms with Crippen LogP contribution < -0.4 is 16.4 Å². The molecule has 0 radical (unpaired) electrons. The van der Waals surface area contributed by atoms with Crippen LogP contribution in [0.3, 0.4) is 0 Å². The summed E-state index contributed by atoms with van der Waals surface area (Å²) in [5.41, 5.74) is 5.78. The smallest absolute Gasteiger partial charge is 0.404 e. The van der Waals surface area contributed by atoms with Crippen molar-refractivity contribution in [2.75, 3.05) is 13.1 Å². The van der Waals surface area contributed by atoms with Gasteiger partial charge in [-0.3, -0.25) is 0 Å². The SMILES string of the molecule is CC(C)(CCNC(=O)O)CC(CN)C(CC1CC1)NC(=O)O. The Morgan fingerprint density at radius 2 is 1.91 bits per heavy atom. The van der Waals surface area contributed by atoms with Crippen LogP contribution in [0, 0.1) is 17.3 Å². The van der Waals surface area contributed by atoms with E-state index in [1.807, 2.05) is 0 Å². The van der Waals surface area contributed by atoms with Crippen molar-refractivity contribution in [2.24, 2.45) is 23.0 Å². The molecule has 0 aromatic heterocycles. The normalized spacial score (nSPS) is 17.6. The van der Waals surface area contributed by atoms with E-state index >= 15 is 0 Å². The molecule has 6 N–H and O–H groups in total. The fourth-order valence-corrected chi connectivity index (χ4v) is 2.95. The zero-order chi connectivity index (χ0) is 16.8. The number of amides is 2. The number of carboxylic acid groups (broad SMARTS) is 2. The van der Waals surface area contributed by atoms with Crippen molar-refractivity contribution in [2.45, 2.75) is 52.0 Å². The molecule has 7 heteroatoms. The second-order valence-electron chi connectivity index (χ2n) is 7.08. The van der Waals surface area contributed by atoms with Gasteiger partial charge in [-0.15, -0.1) is 0 Å². The van der Waals surface area contributed by atoms with Gasteiger partial charge in [0.2, 0.25) is 0 Å². The minimum absolute atomic E-state index is 0.0662. The highest BCUT2D eigenvalue weighted by Gasteiger charge is 2.33. The van der Waals surface area contributed by atoms with Crippen molar-refractivity contribution >= 4 is 12.2 Å². The Hall–Kier alpha value is -1.50. The molecule has 0 bridgehead atoms. The highest BCUT2D eigenvalue weighted by atomic mass is 16.4. The molecule has 0 aromatic carbocycles. The maximum absolute atomic E-state index is 11.0. The first-order chi connectivity index (χ1) is 10.2. The summed E-state index contributed by atoms with van der Waals surface area (Å²) in [5.74, 6) is 0.680. The van der Waals surface area contributed by atoms with E-state index in [1.54, 1.807) is 0 Å². The van der Waals surface area contributed by atoms with Crippen molar-refractivity contribution in [1.29, 1.82) is 0 Å². The standard InChI is InChI=1S/C15H29N3O4/c1-15(2,5-6-17-13(19)20)8-11(9-16)12(18-14(21)22)7-10-3-4-10/h10-12,17-18H,3-9,16H2,1-2H3,(H,19,20)(H,21,22). The fourth-order valence-electron chi connectivity index (χ4n) is 2.95. The molecule has 0 heterocycles. The first kappa shape index (κ1) is 18.5. The monoisotopic (exact) mass is 315 g/mol. The van der Waals surface area contributed by atoms with Crippen LogP contribution in [0.4, 0.5) is 9.59 Å². The fraction of sp³-hybridized carbons (Fsp3) is 0.867. The summed E-state index contributed by atoms with van der Waals surface area (Å²) in [6.45, 7) is 4.94. The number of hydrogen-bond donors (Lipinski definition) is 5. The van der Waals surface area contributed by atoms with Gasteiger partial charge in [-0.25, -0.2) is 9.59 Å². The number of carbonyl (C=O) groups is 2. The van der Waals surface area contributed by atoms with E-state index in [-0.39, 0.29) is 17.4 Å². The van der Waals surface area contributed by atoms with Gasteiger partial charge in [0.1, 0.15) is 0 Å². The van der Waals surface area contributed by atoms with E-state index in [2.05, 4.69) is 24.5 Å². The summed E-state index contributed by atoms with van der Waals surface area (Å²) in [6, 6.07) is -0.123. The van der Waals surface area contributed by atoms with Crippen molar-refractivity contribution < 1.29 is 19.8 Å². The van der Waals surface area contributed by atoms with Crippen LogP contribution in [0.15, 0.2) is 0 Å².